The molecule has 0 bridgehead atoms. The Hall–Kier alpha value is -3.42. The highest BCUT2D eigenvalue weighted by molar-refractivity contribution is 5.90. The van der Waals surface area contributed by atoms with E-state index in [0.29, 0.717) is 29.5 Å². The Morgan fingerprint density at radius 2 is 2.04 bits per heavy atom. The lowest BCUT2D eigenvalue weighted by molar-refractivity contribution is -0.123. The minimum Gasteiger partial charge on any atom is -0.484 e. The summed E-state index contributed by atoms with van der Waals surface area (Å²) in [6, 6.07) is 12.7. The molecular weight excluding hydrogens is 364 g/mol. The van der Waals surface area contributed by atoms with E-state index in [9.17, 15) is 9.59 Å². The van der Waals surface area contributed by atoms with E-state index in [1.54, 1.807) is 18.2 Å². The predicted molar refractivity (Wildman–Crippen MR) is 99.9 cm³/mol. The Bertz CT molecular complexity index is 900. The molecule has 2 amide bonds. The molecule has 0 aliphatic carbocycles. The third kappa shape index (κ3) is 3.80. The van der Waals surface area contributed by atoms with Crippen LogP contribution in [0.15, 0.2) is 42.5 Å². The number of hydrogen-bond acceptors (Lipinski definition) is 6. The van der Waals surface area contributed by atoms with Crippen LogP contribution in [0.5, 0.6) is 17.2 Å². The van der Waals surface area contributed by atoms with Gasteiger partial charge in [-0.15, -0.1) is 0 Å². The molecule has 4 rings (SSSR count). The van der Waals surface area contributed by atoms with E-state index < -0.39 is 12.2 Å². The second kappa shape index (κ2) is 7.67. The van der Waals surface area contributed by atoms with Gasteiger partial charge in [-0.3, -0.25) is 9.69 Å². The van der Waals surface area contributed by atoms with Crippen LogP contribution in [0.2, 0.25) is 0 Å². The number of benzene rings is 2. The molecule has 0 aromatic heterocycles. The van der Waals surface area contributed by atoms with Gasteiger partial charge >= 0.3 is 6.09 Å². The molecule has 2 aliphatic heterocycles. The number of nitrogens with one attached hydrogen (secondary N) is 1. The zero-order valence-electron chi connectivity index (χ0n) is 15.3. The van der Waals surface area contributed by atoms with Crippen LogP contribution in [-0.2, 0) is 9.53 Å². The van der Waals surface area contributed by atoms with Gasteiger partial charge in [-0.05, 0) is 30.7 Å². The standard InChI is InChI=1S/C20H20N2O6/c1-13-4-2-3-5-16(13)25-11-19(23)21-9-15-10-22(20(24)28-15)14-6-7-17-18(8-14)27-12-26-17/h2-8,15H,9-12H2,1H3,(H,21,23)/t15-/m1/s1. The number of ether oxygens (including phenoxy) is 4. The van der Waals surface area contributed by atoms with Crippen LogP contribution >= 0.6 is 0 Å². The molecular formula is C20H20N2O6. The maximum Gasteiger partial charge on any atom is 0.414 e. The second-order valence-electron chi connectivity index (χ2n) is 6.51. The van der Waals surface area contributed by atoms with Crippen LogP contribution in [0.25, 0.3) is 0 Å². The molecule has 1 saturated heterocycles. The molecule has 0 unspecified atom stereocenters. The summed E-state index contributed by atoms with van der Waals surface area (Å²) in [5.41, 5.74) is 1.62. The number of carbonyl (C=O) groups is 2. The van der Waals surface area contributed by atoms with Crippen molar-refractivity contribution in [2.45, 2.75) is 13.0 Å². The number of fused-ring (bicyclic) bond motifs is 1. The molecule has 0 radical (unpaired) electrons. The van der Waals surface area contributed by atoms with Crippen LogP contribution in [-0.4, -0.2) is 44.6 Å². The largest absolute Gasteiger partial charge is 0.484 e. The van der Waals surface area contributed by atoms with Gasteiger partial charge in [0.2, 0.25) is 6.79 Å². The molecule has 1 N–H and O–H groups in total. The maximum absolute atomic E-state index is 12.2. The lowest BCUT2D eigenvalue weighted by Gasteiger charge is -2.14. The molecule has 2 aromatic carbocycles. The number of carbonyl (C=O) groups excluding carboxylic acids is 2. The first-order valence-electron chi connectivity index (χ1n) is 8.93. The number of cyclic esters (lactones) is 1. The summed E-state index contributed by atoms with van der Waals surface area (Å²) < 4.78 is 21.5. The minimum atomic E-state index is -0.464. The number of aryl methyl sites for hydroxylation is 1. The Kier molecular flexibility index (Phi) is 4.92. The van der Waals surface area contributed by atoms with Crippen molar-refractivity contribution in [3.05, 3.63) is 48.0 Å². The quantitative estimate of drug-likeness (QED) is 0.822. The number of para-hydroxylation sites is 1. The lowest BCUT2D eigenvalue weighted by atomic mass is 10.2. The summed E-state index contributed by atoms with van der Waals surface area (Å²) in [6.45, 7) is 2.52. The van der Waals surface area contributed by atoms with Gasteiger partial charge in [0, 0.05) is 6.07 Å². The third-order valence-corrected chi connectivity index (χ3v) is 4.52. The van der Waals surface area contributed by atoms with Gasteiger partial charge in [0.05, 0.1) is 18.8 Å². The minimum absolute atomic E-state index is 0.0998. The smallest absolute Gasteiger partial charge is 0.414 e. The molecule has 2 heterocycles. The highest BCUT2D eigenvalue weighted by atomic mass is 16.7. The van der Waals surface area contributed by atoms with E-state index in [1.807, 2.05) is 31.2 Å². The zero-order valence-corrected chi connectivity index (χ0v) is 15.3. The van der Waals surface area contributed by atoms with Crippen molar-refractivity contribution in [2.24, 2.45) is 0 Å². The van der Waals surface area contributed by atoms with Crippen molar-refractivity contribution >= 4 is 17.7 Å². The number of amides is 2. The third-order valence-electron chi connectivity index (χ3n) is 4.52. The molecule has 2 aliphatic rings. The van der Waals surface area contributed by atoms with Gasteiger partial charge < -0.3 is 24.3 Å². The summed E-state index contributed by atoms with van der Waals surface area (Å²) in [7, 11) is 0. The first-order chi connectivity index (χ1) is 13.6. The average Bonchev–Trinajstić information content (AvgIpc) is 3.31. The van der Waals surface area contributed by atoms with E-state index >= 15 is 0 Å². The molecule has 0 saturated carbocycles. The SMILES string of the molecule is Cc1ccccc1OCC(=O)NC[C@@H]1CN(c2ccc3c(c2)OCO3)C(=O)O1. The number of anilines is 1. The highest BCUT2D eigenvalue weighted by Gasteiger charge is 2.33. The lowest BCUT2D eigenvalue weighted by Crippen LogP contribution is -2.37. The zero-order chi connectivity index (χ0) is 19.5. The van der Waals surface area contributed by atoms with Crippen molar-refractivity contribution in [1.82, 2.24) is 5.32 Å². The van der Waals surface area contributed by atoms with Crippen molar-refractivity contribution in [3.63, 3.8) is 0 Å². The molecule has 8 heteroatoms. The van der Waals surface area contributed by atoms with Gasteiger partial charge in [0.1, 0.15) is 11.9 Å². The van der Waals surface area contributed by atoms with Crippen LogP contribution in [0.1, 0.15) is 5.56 Å². The predicted octanol–water partition coefficient (Wildman–Crippen LogP) is 2.24. The number of nitrogens with zero attached hydrogens (tertiary/aromatic N) is 1. The van der Waals surface area contributed by atoms with E-state index in [0.717, 1.165) is 5.56 Å². The summed E-state index contributed by atoms with van der Waals surface area (Å²) in [4.78, 5) is 25.7. The fourth-order valence-electron chi connectivity index (χ4n) is 3.03. The van der Waals surface area contributed by atoms with Crippen LogP contribution in [0.3, 0.4) is 0 Å². The van der Waals surface area contributed by atoms with E-state index in [1.165, 1.54) is 4.90 Å². The first-order valence-corrected chi connectivity index (χ1v) is 8.93. The maximum atomic E-state index is 12.2. The molecule has 146 valence electrons. The Morgan fingerprint density at radius 1 is 1.21 bits per heavy atom. The van der Waals surface area contributed by atoms with Crippen LogP contribution < -0.4 is 24.4 Å². The van der Waals surface area contributed by atoms with Gasteiger partial charge in [-0.1, -0.05) is 18.2 Å². The van der Waals surface area contributed by atoms with Crippen molar-refractivity contribution in [1.29, 1.82) is 0 Å². The number of hydrogen-bond donors (Lipinski definition) is 1. The van der Waals surface area contributed by atoms with Gasteiger partial charge in [-0.25, -0.2) is 4.79 Å². The Morgan fingerprint density at radius 3 is 2.89 bits per heavy atom. The van der Waals surface area contributed by atoms with Crippen molar-refractivity contribution < 1.29 is 28.5 Å². The monoisotopic (exact) mass is 384 g/mol. The Labute approximate surface area is 161 Å². The Balaban J connectivity index is 1.27. The van der Waals surface area contributed by atoms with E-state index in [2.05, 4.69) is 5.32 Å². The number of rotatable bonds is 6. The van der Waals surface area contributed by atoms with Gasteiger partial charge in [0.15, 0.2) is 18.1 Å². The topological polar surface area (TPSA) is 86.3 Å². The summed E-state index contributed by atoms with van der Waals surface area (Å²) in [6.07, 6.45) is -0.908. The van der Waals surface area contributed by atoms with E-state index in [-0.39, 0.29) is 25.9 Å². The summed E-state index contributed by atoms with van der Waals surface area (Å²) in [5, 5.41) is 2.74. The van der Waals surface area contributed by atoms with Crippen molar-refractivity contribution in [3.8, 4) is 17.2 Å². The second-order valence-corrected chi connectivity index (χ2v) is 6.51. The molecule has 28 heavy (non-hydrogen) atoms. The highest BCUT2D eigenvalue weighted by Crippen LogP contribution is 2.36. The fraction of sp³-hybridized carbons (Fsp3) is 0.300. The van der Waals surface area contributed by atoms with Gasteiger partial charge in [0.25, 0.3) is 5.91 Å². The molecule has 1 fully saturated rings. The van der Waals surface area contributed by atoms with Crippen molar-refractivity contribution in [2.75, 3.05) is 31.4 Å². The van der Waals surface area contributed by atoms with Crippen LogP contribution in [0.4, 0.5) is 10.5 Å². The van der Waals surface area contributed by atoms with Crippen LogP contribution in [0, 0.1) is 6.92 Å². The molecule has 0 spiro atoms. The first kappa shape index (κ1) is 18.0. The molecule has 2 aromatic rings. The summed E-state index contributed by atoms with van der Waals surface area (Å²) in [5.74, 6) is 1.63. The fourth-order valence-corrected chi connectivity index (χ4v) is 3.03. The van der Waals surface area contributed by atoms with E-state index in [4.69, 9.17) is 18.9 Å². The summed E-state index contributed by atoms with van der Waals surface area (Å²) >= 11 is 0. The normalized spacial score (nSPS) is 17.4. The van der Waals surface area contributed by atoms with Gasteiger partial charge in [-0.2, -0.15) is 0 Å². The average molecular weight is 384 g/mol. The molecule has 8 nitrogen and oxygen atoms in total. The molecule has 1 atom stereocenters.